The molecule has 1 aromatic carbocycles. The molecule has 0 bridgehead atoms. The zero-order chi connectivity index (χ0) is 10.4. The highest BCUT2D eigenvalue weighted by Crippen LogP contribution is 2.42. The second-order valence-electron chi connectivity index (χ2n) is 3.85. The van der Waals surface area contributed by atoms with Gasteiger partial charge in [0.2, 0.25) is 0 Å². The summed E-state index contributed by atoms with van der Waals surface area (Å²) in [5.74, 6) is 0.823. The first-order valence-electron chi connectivity index (χ1n) is 4.90. The van der Waals surface area contributed by atoms with E-state index in [1.54, 1.807) is 12.1 Å². The average Bonchev–Trinajstić information content (AvgIpc) is 3.01. The molecule has 1 saturated carbocycles. The van der Waals surface area contributed by atoms with Gasteiger partial charge in [-0.1, -0.05) is 0 Å². The lowest BCUT2D eigenvalue weighted by Crippen LogP contribution is -1.93. The Kier molecular flexibility index (Phi) is 1.92. The Balaban J connectivity index is 2.34. The van der Waals surface area contributed by atoms with Crippen molar-refractivity contribution in [2.24, 2.45) is 0 Å². The number of benzene rings is 1. The third-order valence-corrected chi connectivity index (χ3v) is 3.00. The summed E-state index contributed by atoms with van der Waals surface area (Å²) in [6.45, 7) is 0. The lowest BCUT2D eigenvalue weighted by atomic mass is 10.1. The van der Waals surface area contributed by atoms with Crippen LogP contribution in [0.2, 0.25) is 0 Å². The van der Waals surface area contributed by atoms with Crippen LogP contribution in [0.1, 0.15) is 24.5 Å². The molecular formula is C11H9BrN2O. The van der Waals surface area contributed by atoms with Gasteiger partial charge in [-0.15, -0.1) is 0 Å². The Hall–Kier alpha value is -1.16. The molecule has 1 aliphatic carbocycles. The van der Waals surface area contributed by atoms with Crippen molar-refractivity contribution in [3.63, 3.8) is 0 Å². The maximum Gasteiger partial charge on any atom is 0.197 e. The minimum absolute atomic E-state index is 0.273. The van der Waals surface area contributed by atoms with Crippen LogP contribution < -0.4 is 0 Å². The Labute approximate surface area is 95.3 Å². The number of phenols is 1. The molecule has 1 fully saturated rings. The van der Waals surface area contributed by atoms with E-state index in [0.29, 0.717) is 10.7 Å². The van der Waals surface area contributed by atoms with E-state index in [9.17, 15) is 5.11 Å². The van der Waals surface area contributed by atoms with Crippen molar-refractivity contribution in [3.8, 4) is 5.75 Å². The lowest BCUT2D eigenvalue weighted by molar-refractivity contribution is 0.476. The fourth-order valence-electron chi connectivity index (χ4n) is 1.78. The van der Waals surface area contributed by atoms with Gasteiger partial charge in [0, 0.05) is 11.3 Å². The van der Waals surface area contributed by atoms with Crippen LogP contribution in [0.4, 0.5) is 0 Å². The molecule has 3 rings (SSSR count). The van der Waals surface area contributed by atoms with Crippen molar-refractivity contribution in [1.29, 1.82) is 0 Å². The predicted octanol–water partition coefficient (Wildman–Crippen LogP) is 2.98. The molecule has 1 heterocycles. The normalized spacial score (nSPS) is 15.8. The first-order valence-corrected chi connectivity index (χ1v) is 5.69. The van der Waals surface area contributed by atoms with Gasteiger partial charge in [-0.2, -0.15) is 0 Å². The molecule has 1 aromatic heterocycles. The number of hydrogen-bond donors (Lipinski definition) is 1. The number of aromatic hydroxyl groups is 1. The van der Waals surface area contributed by atoms with Gasteiger partial charge in [-0.3, -0.25) is 0 Å². The van der Waals surface area contributed by atoms with E-state index in [0.717, 1.165) is 16.6 Å². The van der Waals surface area contributed by atoms with E-state index in [1.165, 1.54) is 12.8 Å². The molecule has 15 heavy (non-hydrogen) atoms. The van der Waals surface area contributed by atoms with Crippen molar-refractivity contribution in [2.45, 2.75) is 18.8 Å². The highest BCUT2D eigenvalue weighted by molar-refractivity contribution is 9.10. The molecule has 0 spiro atoms. The second-order valence-corrected chi connectivity index (χ2v) is 4.56. The van der Waals surface area contributed by atoms with Crippen LogP contribution in [0.25, 0.3) is 10.9 Å². The minimum atomic E-state index is 0.273. The lowest BCUT2D eigenvalue weighted by Gasteiger charge is -2.05. The van der Waals surface area contributed by atoms with Crippen molar-refractivity contribution in [3.05, 3.63) is 28.6 Å². The number of fused-ring (bicyclic) bond motifs is 1. The Morgan fingerprint density at radius 2 is 2.07 bits per heavy atom. The molecule has 0 unspecified atom stereocenters. The van der Waals surface area contributed by atoms with Crippen molar-refractivity contribution < 1.29 is 5.11 Å². The van der Waals surface area contributed by atoms with E-state index < -0.39 is 0 Å². The Morgan fingerprint density at radius 3 is 2.80 bits per heavy atom. The summed E-state index contributed by atoms with van der Waals surface area (Å²) in [7, 11) is 0. The summed E-state index contributed by atoms with van der Waals surface area (Å²) in [5, 5.41) is 10.4. The summed E-state index contributed by atoms with van der Waals surface area (Å²) in [6, 6.07) is 5.22. The minimum Gasteiger partial charge on any atom is -0.508 e. The summed E-state index contributed by atoms with van der Waals surface area (Å²) in [4.78, 5) is 8.68. The fraction of sp³-hybridized carbons (Fsp3) is 0.273. The fourth-order valence-corrected chi connectivity index (χ4v) is 2.16. The van der Waals surface area contributed by atoms with Crippen LogP contribution >= 0.6 is 15.9 Å². The quantitative estimate of drug-likeness (QED) is 0.806. The number of nitrogens with zero attached hydrogens (tertiary/aromatic N) is 2. The number of halogens is 1. The Morgan fingerprint density at radius 1 is 1.27 bits per heavy atom. The molecular weight excluding hydrogens is 256 g/mol. The molecule has 1 N–H and O–H groups in total. The molecule has 1 aliphatic rings. The van der Waals surface area contributed by atoms with Crippen LogP contribution in [-0.2, 0) is 0 Å². The van der Waals surface area contributed by atoms with Gasteiger partial charge in [0.15, 0.2) is 4.73 Å². The van der Waals surface area contributed by atoms with Crippen LogP contribution in [0.5, 0.6) is 5.75 Å². The third kappa shape index (κ3) is 1.59. The SMILES string of the molecule is Oc1ccc2nc(Br)nc(C3CC3)c2c1. The first-order chi connectivity index (χ1) is 7.24. The number of rotatable bonds is 1. The molecule has 0 radical (unpaired) electrons. The number of hydrogen-bond acceptors (Lipinski definition) is 3. The molecule has 0 atom stereocenters. The van der Waals surface area contributed by atoms with Crippen molar-refractivity contribution >= 4 is 26.8 Å². The Bertz CT molecular complexity index is 537. The van der Waals surface area contributed by atoms with Gasteiger partial charge >= 0.3 is 0 Å². The van der Waals surface area contributed by atoms with E-state index in [-0.39, 0.29) is 5.75 Å². The second kappa shape index (κ2) is 3.17. The largest absolute Gasteiger partial charge is 0.508 e. The van der Waals surface area contributed by atoms with Crippen LogP contribution in [0.15, 0.2) is 22.9 Å². The number of phenolic OH excluding ortho intramolecular Hbond substituents is 1. The van der Waals surface area contributed by atoms with Crippen molar-refractivity contribution in [2.75, 3.05) is 0 Å². The van der Waals surface area contributed by atoms with Gasteiger partial charge in [0.05, 0.1) is 11.2 Å². The van der Waals surface area contributed by atoms with Gasteiger partial charge in [-0.25, -0.2) is 9.97 Å². The van der Waals surface area contributed by atoms with Gasteiger partial charge in [0.25, 0.3) is 0 Å². The topological polar surface area (TPSA) is 46.0 Å². The van der Waals surface area contributed by atoms with Gasteiger partial charge in [0.1, 0.15) is 5.75 Å². The molecule has 0 saturated heterocycles. The standard InChI is InChI=1S/C11H9BrN2O/c12-11-13-9-4-3-7(15)5-8(9)10(14-11)6-1-2-6/h3-6,15H,1-2H2. The molecule has 3 nitrogen and oxygen atoms in total. The van der Waals surface area contributed by atoms with Crippen LogP contribution in [0.3, 0.4) is 0 Å². The molecule has 2 aromatic rings. The molecule has 4 heteroatoms. The van der Waals surface area contributed by atoms with E-state index in [1.807, 2.05) is 6.07 Å². The maximum absolute atomic E-state index is 9.46. The monoisotopic (exact) mass is 264 g/mol. The van der Waals surface area contributed by atoms with Crippen LogP contribution in [0, 0.1) is 0 Å². The average molecular weight is 265 g/mol. The smallest absolute Gasteiger partial charge is 0.197 e. The van der Waals surface area contributed by atoms with E-state index in [2.05, 4.69) is 25.9 Å². The summed E-state index contributed by atoms with van der Waals surface area (Å²) in [5.41, 5.74) is 1.94. The highest BCUT2D eigenvalue weighted by Gasteiger charge is 2.27. The molecule has 0 aliphatic heterocycles. The first kappa shape index (κ1) is 9.09. The number of aromatic nitrogens is 2. The zero-order valence-corrected chi connectivity index (χ0v) is 9.53. The van der Waals surface area contributed by atoms with E-state index in [4.69, 9.17) is 0 Å². The highest BCUT2D eigenvalue weighted by atomic mass is 79.9. The van der Waals surface area contributed by atoms with Gasteiger partial charge in [-0.05, 0) is 47.0 Å². The van der Waals surface area contributed by atoms with Crippen molar-refractivity contribution in [1.82, 2.24) is 9.97 Å². The maximum atomic E-state index is 9.46. The van der Waals surface area contributed by atoms with Gasteiger partial charge < -0.3 is 5.11 Å². The summed E-state index contributed by atoms with van der Waals surface area (Å²) < 4.78 is 0.627. The van der Waals surface area contributed by atoms with E-state index >= 15 is 0 Å². The predicted molar refractivity (Wildman–Crippen MR) is 60.9 cm³/mol. The summed E-state index contributed by atoms with van der Waals surface area (Å²) in [6.07, 6.45) is 2.38. The van der Waals surface area contributed by atoms with Crippen LogP contribution in [-0.4, -0.2) is 15.1 Å². The third-order valence-electron chi connectivity index (χ3n) is 2.65. The zero-order valence-electron chi connectivity index (χ0n) is 7.94. The molecule has 76 valence electrons. The molecule has 0 amide bonds. The summed E-state index contributed by atoms with van der Waals surface area (Å²) >= 11 is 3.31.